The Hall–Kier alpha value is -1.42. The van der Waals surface area contributed by atoms with Crippen LogP contribution in [0.1, 0.15) is 19.0 Å². The molecule has 1 N–H and O–H groups in total. The van der Waals surface area contributed by atoms with E-state index in [0.717, 1.165) is 18.7 Å². The van der Waals surface area contributed by atoms with Crippen molar-refractivity contribution < 1.29 is 4.79 Å². The number of carbonyl (C=O) groups is 1. The van der Waals surface area contributed by atoms with Crippen LogP contribution in [0.5, 0.6) is 0 Å². The second-order valence-corrected chi connectivity index (χ2v) is 3.75. The Bertz CT molecular complexity index is 313. The number of hydrogen-bond acceptors (Lipinski definition) is 3. The smallest absolute Gasteiger partial charge is 0.236 e. The maximum Gasteiger partial charge on any atom is 0.236 e. The third-order valence-corrected chi connectivity index (χ3v) is 2.25. The number of pyridine rings is 1. The van der Waals surface area contributed by atoms with Gasteiger partial charge in [0.15, 0.2) is 0 Å². The standard InChI is InChI=1S/C12H19N3O/c1-3-7-13-9-12(16)15(2)10-11-6-4-5-8-14-11/h4-6,8,13H,3,7,9-10H2,1-2H3. The van der Waals surface area contributed by atoms with Crippen LogP contribution in [0.2, 0.25) is 0 Å². The molecule has 4 heteroatoms. The summed E-state index contributed by atoms with van der Waals surface area (Å²) in [6.07, 6.45) is 2.78. The molecule has 0 fully saturated rings. The molecular formula is C12H19N3O. The molecule has 0 aromatic carbocycles. The van der Waals surface area contributed by atoms with E-state index in [9.17, 15) is 4.79 Å². The molecule has 1 aromatic heterocycles. The zero-order chi connectivity index (χ0) is 11.8. The van der Waals surface area contributed by atoms with Gasteiger partial charge in [0, 0.05) is 13.2 Å². The van der Waals surface area contributed by atoms with Gasteiger partial charge in [-0.2, -0.15) is 0 Å². The normalized spacial score (nSPS) is 10.1. The van der Waals surface area contributed by atoms with Gasteiger partial charge in [0.2, 0.25) is 5.91 Å². The highest BCUT2D eigenvalue weighted by Gasteiger charge is 2.08. The molecule has 0 saturated carbocycles. The van der Waals surface area contributed by atoms with Crippen LogP contribution in [0.4, 0.5) is 0 Å². The van der Waals surface area contributed by atoms with E-state index in [4.69, 9.17) is 0 Å². The van der Waals surface area contributed by atoms with Gasteiger partial charge in [0.1, 0.15) is 0 Å². The molecule has 88 valence electrons. The monoisotopic (exact) mass is 221 g/mol. The Kier molecular flexibility index (Phi) is 5.50. The summed E-state index contributed by atoms with van der Waals surface area (Å²) < 4.78 is 0. The van der Waals surface area contributed by atoms with Crippen molar-refractivity contribution in [2.75, 3.05) is 20.1 Å². The highest BCUT2D eigenvalue weighted by molar-refractivity contribution is 5.77. The zero-order valence-electron chi connectivity index (χ0n) is 9.94. The van der Waals surface area contributed by atoms with Crippen LogP contribution in [0.15, 0.2) is 24.4 Å². The molecular weight excluding hydrogens is 202 g/mol. The molecule has 0 unspecified atom stereocenters. The molecule has 1 heterocycles. The van der Waals surface area contributed by atoms with Crippen LogP contribution in [-0.4, -0.2) is 35.9 Å². The van der Waals surface area contributed by atoms with Crippen LogP contribution in [-0.2, 0) is 11.3 Å². The van der Waals surface area contributed by atoms with Crippen molar-refractivity contribution in [1.82, 2.24) is 15.2 Å². The molecule has 0 aliphatic rings. The molecule has 1 amide bonds. The molecule has 0 aliphatic heterocycles. The predicted octanol–water partition coefficient (Wildman–Crippen LogP) is 1.04. The van der Waals surface area contributed by atoms with Crippen molar-refractivity contribution in [1.29, 1.82) is 0 Å². The van der Waals surface area contributed by atoms with E-state index in [1.807, 2.05) is 18.2 Å². The van der Waals surface area contributed by atoms with Crippen LogP contribution in [0.3, 0.4) is 0 Å². The number of amides is 1. The summed E-state index contributed by atoms with van der Waals surface area (Å²) in [7, 11) is 1.80. The van der Waals surface area contributed by atoms with Gasteiger partial charge < -0.3 is 10.2 Å². The van der Waals surface area contributed by atoms with Gasteiger partial charge in [-0.3, -0.25) is 9.78 Å². The van der Waals surface area contributed by atoms with Crippen molar-refractivity contribution >= 4 is 5.91 Å². The third kappa shape index (κ3) is 4.40. The van der Waals surface area contributed by atoms with Gasteiger partial charge >= 0.3 is 0 Å². The molecule has 0 spiro atoms. The highest BCUT2D eigenvalue weighted by Crippen LogP contribution is 1.98. The first-order chi connectivity index (χ1) is 7.74. The number of hydrogen-bond donors (Lipinski definition) is 1. The number of nitrogens with zero attached hydrogens (tertiary/aromatic N) is 2. The highest BCUT2D eigenvalue weighted by atomic mass is 16.2. The maximum absolute atomic E-state index is 11.7. The molecule has 16 heavy (non-hydrogen) atoms. The van der Waals surface area contributed by atoms with E-state index >= 15 is 0 Å². The predicted molar refractivity (Wildman–Crippen MR) is 63.9 cm³/mol. The average molecular weight is 221 g/mol. The minimum Gasteiger partial charge on any atom is -0.339 e. The van der Waals surface area contributed by atoms with E-state index in [0.29, 0.717) is 13.1 Å². The summed E-state index contributed by atoms with van der Waals surface area (Å²) >= 11 is 0. The Labute approximate surface area is 96.7 Å². The van der Waals surface area contributed by atoms with Gasteiger partial charge in [0.25, 0.3) is 0 Å². The van der Waals surface area contributed by atoms with Crippen LogP contribution in [0, 0.1) is 0 Å². The van der Waals surface area contributed by atoms with Gasteiger partial charge in [-0.05, 0) is 25.1 Å². The van der Waals surface area contributed by atoms with E-state index in [1.165, 1.54) is 0 Å². The Morgan fingerprint density at radius 2 is 2.31 bits per heavy atom. The lowest BCUT2D eigenvalue weighted by Gasteiger charge is -2.16. The molecule has 0 atom stereocenters. The molecule has 0 saturated heterocycles. The summed E-state index contributed by atoms with van der Waals surface area (Å²) in [6.45, 7) is 3.92. The average Bonchev–Trinajstić information content (AvgIpc) is 2.30. The van der Waals surface area contributed by atoms with Crippen LogP contribution in [0.25, 0.3) is 0 Å². The molecule has 0 bridgehead atoms. The van der Waals surface area contributed by atoms with Crippen molar-refractivity contribution in [2.24, 2.45) is 0 Å². The van der Waals surface area contributed by atoms with E-state index in [-0.39, 0.29) is 5.91 Å². The lowest BCUT2D eigenvalue weighted by atomic mass is 10.3. The van der Waals surface area contributed by atoms with Crippen molar-refractivity contribution in [3.05, 3.63) is 30.1 Å². The number of aromatic nitrogens is 1. The second-order valence-electron chi connectivity index (χ2n) is 3.75. The first-order valence-electron chi connectivity index (χ1n) is 5.58. The van der Waals surface area contributed by atoms with Gasteiger partial charge in [-0.25, -0.2) is 0 Å². The van der Waals surface area contributed by atoms with Crippen LogP contribution < -0.4 is 5.32 Å². The number of rotatable bonds is 6. The number of nitrogens with one attached hydrogen (secondary N) is 1. The Morgan fingerprint density at radius 3 is 2.94 bits per heavy atom. The fourth-order valence-corrected chi connectivity index (χ4v) is 1.33. The van der Waals surface area contributed by atoms with Crippen molar-refractivity contribution in [2.45, 2.75) is 19.9 Å². The minimum absolute atomic E-state index is 0.0964. The first-order valence-corrected chi connectivity index (χ1v) is 5.58. The largest absolute Gasteiger partial charge is 0.339 e. The van der Waals surface area contributed by atoms with E-state index < -0.39 is 0 Å². The van der Waals surface area contributed by atoms with Gasteiger partial charge in [0.05, 0.1) is 18.8 Å². The van der Waals surface area contributed by atoms with Gasteiger partial charge in [-0.15, -0.1) is 0 Å². The molecule has 1 rings (SSSR count). The second kappa shape index (κ2) is 6.95. The quantitative estimate of drug-likeness (QED) is 0.730. The first kappa shape index (κ1) is 12.6. The number of carbonyl (C=O) groups excluding carboxylic acids is 1. The Morgan fingerprint density at radius 1 is 1.50 bits per heavy atom. The maximum atomic E-state index is 11.7. The van der Waals surface area contributed by atoms with E-state index in [1.54, 1.807) is 18.1 Å². The molecule has 4 nitrogen and oxygen atoms in total. The zero-order valence-corrected chi connectivity index (χ0v) is 9.94. The number of likely N-dealkylation sites (N-methyl/N-ethyl adjacent to an activating group) is 1. The van der Waals surface area contributed by atoms with Crippen molar-refractivity contribution in [3.63, 3.8) is 0 Å². The van der Waals surface area contributed by atoms with Crippen molar-refractivity contribution in [3.8, 4) is 0 Å². The summed E-state index contributed by atoms with van der Waals surface area (Å²) in [5, 5.41) is 3.09. The van der Waals surface area contributed by atoms with Gasteiger partial charge in [-0.1, -0.05) is 13.0 Å². The fraction of sp³-hybridized carbons (Fsp3) is 0.500. The Balaban J connectivity index is 2.34. The van der Waals surface area contributed by atoms with E-state index in [2.05, 4.69) is 17.2 Å². The summed E-state index contributed by atoms with van der Waals surface area (Å²) in [5.74, 6) is 0.0964. The molecule has 0 radical (unpaired) electrons. The molecule has 0 aliphatic carbocycles. The summed E-state index contributed by atoms with van der Waals surface area (Å²) in [6, 6.07) is 5.72. The lowest BCUT2D eigenvalue weighted by molar-refractivity contribution is -0.129. The lowest BCUT2D eigenvalue weighted by Crippen LogP contribution is -2.35. The molecule has 1 aromatic rings. The minimum atomic E-state index is 0.0964. The SMILES string of the molecule is CCCNCC(=O)N(C)Cc1ccccn1. The van der Waals surface area contributed by atoms with Crippen LogP contribution >= 0.6 is 0 Å². The fourth-order valence-electron chi connectivity index (χ4n) is 1.33. The third-order valence-electron chi connectivity index (χ3n) is 2.25. The summed E-state index contributed by atoms with van der Waals surface area (Å²) in [4.78, 5) is 17.5. The topological polar surface area (TPSA) is 45.2 Å². The summed E-state index contributed by atoms with van der Waals surface area (Å²) in [5.41, 5.74) is 0.911.